The van der Waals surface area contributed by atoms with Gasteiger partial charge in [-0.2, -0.15) is 5.10 Å². The number of aromatic nitrogens is 3. The van der Waals surface area contributed by atoms with Crippen LogP contribution in [0.2, 0.25) is 0 Å². The van der Waals surface area contributed by atoms with Crippen LogP contribution in [-0.4, -0.2) is 35.4 Å². The first-order valence-electron chi connectivity index (χ1n) is 8.76. The van der Waals surface area contributed by atoms with Crippen molar-refractivity contribution in [3.05, 3.63) is 47.7 Å². The molecule has 1 aliphatic heterocycles. The molecule has 1 saturated heterocycles. The number of hydrogen-bond donors (Lipinski definition) is 3. The number of anilines is 1. The van der Waals surface area contributed by atoms with Crippen molar-refractivity contribution in [2.75, 3.05) is 25.5 Å². The minimum Gasteiger partial charge on any atom is -0.496 e. The van der Waals surface area contributed by atoms with Gasteiger partial charge in [0.2, 0.25) is 0 Å². The molecule has 1 aliphatic rings. The Morgan fingerprint density at radius 2 is 2.16 bits per heavy atom. The number of ether oxygens (including phenoxy) is 1. The van der Waals surface area contributed by atoms with Gasteiger partial charge in [0.05, 0.1) is 12.5 Å². The van der Waals surface area contributed by atoms with Gasteiger partial charge in [0.1, 0.15) is 5.75 Å². The number of hydrogen-bond acceptors (Lipinski definition) is 5. The highest BCUT2D eigenvalue weighted by Gasteiger charge is 2.18. The third-order valence-electron chi connectivity index (χ3n) is 4.80. The highest BCUT2D eigenvalue weighted by atomic mass is 16.5. The molecule has 1 aromatic carbocycles. The first-order chi connectivity index (χ1) is 12.3. The van der Waals surface area contributed by atoms with Gasteiger partial charge in [0.15, 0.2) is 11.5 Å². The molecule has 3 heterocycles. The number of nitrogens with zero attached hydrogens (tertiary/aromatic N) is 2. The number of pyridine rings is 1. The molecule has 130 valence electrons. The Hall–Kier alpha value is -2.60. The average Bonchev–Trinajstić information content (AvgIpc) is 3.09. The van der Waals surface area contributed by atoms with Gasteiger partial charge in [-0.1, -0.05) is 18.2 Å². The molecule has 1 fully saturated rings. The molecular weight excluding hydrogens is 314 g/mol. The van der Waals surface area contributed by atoms with Gasteiger partial charge in [-0.05, 0) is 37.6 Å². The molecule has 0 radical (unpaired) electrons. The summed E-state index contributed by atoms with van der Waals surface area (Å²) in [4.78, 5) is 4.79. The summed E-state index contributed by atoms with van der Waals surface area (Å²) in [5, 5.41) is 15.3. The van der Waals surface area contributed by atoms with Crippen molar-refractivity contribution in [3.63, 3.8) is 0 Å². The number of H-pyrrole nitrogens is 1. The second-order valence-corrected chi connectivity index (χ2v) is 6.41. The smallest absolute Gasteiger partial charge is 0.157 e. The van der Waals surface area contributed by atoms with E-state index in [2.05, 4.69) is 33.0 Å². The predicted octanol–water partition coefficient (Wildman–Crippen LogP) is 3.05. The molecule has 6 nitrogen and oxygen atoms in total. The lowest BCUT2D eigenvalue weighted by atomic mass is 9.95. The summed E-state index contributed by atoms with van der Waals surface area (Å²) in [6.07, 6.45) is 2.40. The Bertz CT molecular complexity index is 854. The second kappa shape index (κ2) is 7.11. The van der Waals surface area contributed by atoms with E-state index in [1.54, 1.807) is 7.11 Å². The number of para-hydroxylation sites is 1. The third kappa shape index (κ3) is 3.30. The monoisotopic (exact) mass is 337 g/mol. The van der Waals surface area contributed by atoms with Crippen LogP contribution in [0.15, 0.2) is 36.4 Å². The van der Waals surface area contributed by atoms with E-state index in [0.29, 0.717) is 12.5 Å². The van der Waals surface area contributed by atoms with Gasteiger partial charge in [0, 0.05) is 30.3 Å². The fraction of sp³-hybridized carbons (Fsp3) is 0.368. The highest BCUT2D eigenvalue weighted by molar-refractivity contribution is 5.87. The molecule has 6 heteroatoms. The summed E-state index contributed by atoms with van der Waals surface area (Å²) in [7, 11) is 1.69. The molecule has 0 aliphatic carbocycles. The lowest BCUT2D eigenvalue weighted by Gasteiger charge is -2.22. The maximum atomic E-state index is 5.40. The maximum absolute atomic E-state index is 5.40. The Kier molecular flexibility index (Phi) is 4.52. The number of nitrogens with one attached hydrogen (secondary N) is 3. The van der Waals surface area contributed by atoms with Gasteiger partial charge < -0.3 is 15.4 Å². The first-order valence-corrected chi connectivity index (χ1v) is 8.76. The van der Waals surface area contributed by atoms with Crippen molar-refractivity contribution < 1.29 is 4.74 Å². The molecule has 0 amide bonds. The molecule has 2 aromatic heterocycles. The van der Waals surface area contributed by atoms with Crippen molar-refractivity contribution in [3.8, 4) is 5.75 Å². The minimum atomic E-state index is 0.492. The van der Waals surface area contributed by atoms with Crippen LogP contribution in [0, 0.1) is 0 Å². The van der Waals surface area contributed by atoms with Gasteiger partial charge in [-0.25, -0.2) is 4.98 Å². The number of rotatable bonds is 5. The van der Waals surface area contributed by atoms with E-state index >= 15 is 0 Å². The molecule has 25 heavy (non-hydrogen) atoms. The fourth-order valence-corrected chi connectivity index (χ4v) is 3.41. The first kappa shape index (κ1) is 15.9. The Morgan fingerprint density at radius 3 is 3.00 bits per heavy atom. The molecule has 3 N–H and O–H groups in total. The van der Waals surface area contributed by atoms with Crippen molar-refractivity contribution in [1.29, 1.82) is 0 Å². The zero-order valence-electron chi connectivity index (χ0n) is 14.4. The molecule has 1 atom stereocenters. The number of fused-ring (bicyclic) bond motifs is 1. The van der Waals surface area contributed by atoms with Crippen LogP contribution < -0.4 is 15.4 Å². The lowest BCUT2D eigenvalue weighted by molar-refractivity contribution is 0.410. The maximum Gasteiger partial charge on any atom is 0.157 e. The van der Waals surface area contributed by atoms with Crippen LogP contribution in [0.5, 0.6) is 5.75 Å². The largest absolute Gasteiger partial charge is 0.496 e. The molecule has 0 unspecified atom stereocenters. The van der Waals surface area contributed by atoms with Crippen molar-refractivity contribution >= 4 is 16.9 Å². The quantitative estimate of drug-likeness (QED) is 0.667. The zero-order valence-corrected chi connectivity index (χ0v) is 14.4. The van der Waals surface area contributed by atoms with Crippen molar-refractivity contribution in [2.45, 2.75) is 25.3 Å². The summed E-state index contributed by atoms with van der Waals surface area (Å²) in [5.74, 6) is 2.19. The van der Waals surface area contributed by atoms with Gasteiger partial charge in [0.25, 0.3) is 0 Å². The molecule has 0 bridgehead atoms. The summed E-state index contributed by atoms with van der Waals surface area (Å²) < 4.78 is 5.40. The summed E-state index contributed by atoms with van der Waals surface area (Å²) in [5.41, 5.74) is 3.07. The lowest BCUT2D eigenvalue weighted by Crippen LogP contribution is -2.28. The molecule has 3 aromatic rings. The van der Waals surface area contributed by atoms with Crippen molar-refractivity contribution in [1.82, 2.24) is 20.5 Å². The summed E-state index contributed by atoms with van der Waals surface area (Å²) >= 11 is 0. The van der Waals surface area contributed by atoms with Crippen LogP contribution in [-0.2, 0) is 6.54 Å². The van der Waals surface area contributed by atoms with Crippen LogP contribution in [0.4, 0.5) is 5.82 Å². The normalized spacial score (nSPS) is 17.6. The summed E-state index contributed by atoms with van der Waals surface area (Å²) in [6, 6.07) is 12.2. The Labute approximate surface area is 147 Å². The van der Waals surface area contributed by atoms with E-state index in [-0.39, 0.29) is 0 Å². The Balaban J connectivity index is 1.52. The molecule has 0 saturated carbocycles. The topological polar surface area (TPSA) is 74.9 Å². The fourth-order valence-electron chi connectivity index (χ4n) is 3.41. The minimum absolute atomic E-state index is 0.492. The Morgan fingerprint density at radius 1 is 1.24 bits per heavy atom. The predicted molar refractivity (Wildman–Crippen MR) is 99.1 cm³/mol. The second-order valence-electron chi connectivity index (χ2n) is 6.41. The number of benzene rings is 1. The number of aromatic amines is 1. The van der Waals surface area contributed by atoms with Crippen LogP contribution >= 0.6 is 0 Å². The number of methoxy groups -OCH3 is 1. The highest BCUT2D eigenvalue weighted by Crippen LogP contribution is 2.26. The average molecular weight is 337 g/mol. The van der Waals surface area contributed by atoms with Gasteiger partial charge >= 0.3 is 0 Å². The van der Waals surface area contributed by atoms with E-state index in [1.807, 2.05) is 24.3 Å². The summed E-state index contributed by atoms with van der Waals surface area (Å²) in [6.45, 7) is 2.77. The zero-order chi connectivity index (χ0) is 17.1. The van der Waals surface area contributed by atoms with E-state index in [0.717, 1.165) is 46.9 Å². The van der Waals surface area contributed by atoms with Crippen molar-refractivity contribution in [2.24, 2.45) is 0 Å². The number of piperidine rings is 1. The van der Waals surface area contributed by atoms with E-state index in [4.69, 9.17) is 9.72 Å². The van der Waals surface area contributed by atoms with Crippen LogP contribution in [0.1, 0.15) is 30.0 Å². The van der Waals surface area contributed by atoms with Gasteiger partial charge in [-0.15, -0.1) is 0 Å². The standard InChI is InChI=1S/C19H23N5O/c1-25-17-7-3-2-5-14(17)12-21-18-15-8-9-16(22-19(15)24-23-18)13-6-4-10-20-11-13/h2-3,5,7-9,13,20H,4,6,10-12H2,1H3,(H2,21,22,23,24)/t13-/m0/s1. The van der Waals surface area contributed by atoms with E-state index in [1.165, 1.54) is 12.8 Å². The molecule has 4 rings (SSSR count). The van der Waals surface area contributed by atoms with Gasteiger partial charge in [-0.3, -0.25) is 5.10 Å². The van der Waals surface area contributed by atoms with E-state index < -0.39 is 0 Å². The van der Waals surface area contributed by atoms with Crippen LogP contribution in [0.25, 0.3) is 11.0 Å². The third-order valence-corrected chi connectivity index (χ3v) is 4.80. The molecule has 0 spiro atoms. The van der Waals surface area contributed by atoms with E-state index in [9.17, 15) is 0 Å². The SMILES string of the molecule is COc1ccccc1CNc1n[nH]c2nc([C@H]3CCCNC3)ccc12. The van der Waals surface area contributed by atoms with Crippen LogP contribution in [0.3, 0.4) is 0 Å². The molecular formula is C19H23N5O.